The third-order valence-electron chi connectivity index (χ3n) is 4.25. The van der Waals surface area contributed by atoms with Gasteiger partial charge in [0.15, 0.2) is 11.6 Å². The minimum Gasteiger partial charge on any atom is -0.497 e. The number of nitrogens with zero attached hydrogens (tertiary/aromatic N) is 2. The number of aromatic nitrogens is 2. The van der Waals surface area contributed by atoms with E-state index in [4.69, 9.17) is 4.74 Å². The van der Waals surface area contributed by atoms with Crippen LogP contribution in [0.2, 0.25) is 0 Å². The monoisotopic (exact) mass is 326 g/mol. The zero-order chi connectivity index (χ0) is 16.8. The molecule has 6 nitrogen and oxygen atoms in total. The Labute approximate surface area is 141 Å². The molecule has 3 rings (SSSR count). The van der Waals surface area contributed by atoms with Crippen molar-refractivity contribution in [2.45, 2.75) is 32.1 Å². The molecule has 0 unspecified atom stereocenters. The van der Waals surface area contributed by atoms with Crippen LogP contribution in [0.15, 0.2) is 36.4 Å². The highest BCUT2D eigenvalue weighted by molar-refractivity contribution is 5.91. The zero-order valence-electron chi connectivity index (χ0n) is 13.8. The lowest BCUT2D eigenvalue weighted by atomic mass is 9.89. The van der Waals surface area contributed by atoms with Gasteiger partial charge in [0.1, 0.15) is 5.75 Å². The Bertz CT molecular complexity index is 664. The maximum atomic E-state index is 12.2. The van der Waals surface area contributed by atoms with Gasteiger partial charge in [0.2, 0.25) is 5.91 Å². The molecular weight excluding hydrogens is 304 g/mol. The van der Waals surface area contributed by atoms with Gasteiger partial charge in [-0.15, -0.1) is 10.2 Å². The summed E-state index contributed by atoms with van der Waals surface area (Å²) in [7, 11) is 1.63. The maximum Gasteiger partial charge on any atom is 0.228 e. The minimum absolute atomic E-state index is 0.0554. The Kier molecular flexibility index (Phi) is 5.25. The molecule has 1 amide bonds. The summed E-state index contributed by atoms with van der Waals surface area (Å²) in [6.07, 6.45) is 5.44. The Morgan fingerprint density at radius 1 is 1.00 bits per heavy atom. The van der Waals surface area contributed by atoms with E-state index < -0.39 is 0 Å². The number of ether oxygens (including phenoxy) is 1. The lowest BCUT2D eigenvalue weighted by Gasteiger charge is -2.20. The van der Waals surface area contributed by atoms with E-state index in [2.05, 4.69) is 20.8 Å². The van der Waals surface area contributed by atoms with Crippen molar-refractivity contribution in [3.05, 3.63) is 36.4 Å². The second-order valence-electron chi connectivity index (χ2n) is 5.98. The summed E-state index contributed by atoms with van der Waals surface area (Å²) >= 11 is 0. The van der Waals surface area contributed by atoms with E-state index in [9.17, 15) is 4.79 Å². The van der Waals surface area contributed by atoms with Gasteiger partial charge in [0.25, 0.3) is 0 Å². The fourth-order valence-electron chi connectivity index (χ4n) is 2.88. The number of hydrogen-bond acceptors (Lipinski definition) is 5. The average Bonchev–Trinajstić information content (AvgIpc) is 2.65. The second-order valence-corrected chi connectivity index (χ2v) is 5.98. The van der Waals surface area contributed by atoms with Gasteiger partial charge in [-0.3, -0.25) is 4.79 Å². The van der Waals surface area contributed by atoms with Gasteiger partial charge in [0.05, 0.1) is 7.11 Å². The smallest absolute Gasteiger partial charge is 0.228 e. The van der Waals surface area contributed by atoms with Crippen LogP contribution in [-0.4, -0.2) is 23.2 Å². The molecule has 1 aliphatic rings. The number of nitrogens with one attached hydrogen (secondary N) is 2. The van der Waals surface area contributed by atoms with Crippen molar-refractivity contribution >= 4 is 23.2 Å². The van der Waals surface area contributed by atoms with E-state index in [1.54, 1.807) is 19.2 Å². The molecule has 1 aromatic heterocycles. The van der Waals surface area contributed by atoms with Crippen LogP contribution in [0, 0.1) is 5.92 Å². The van der Waals surface area contributed by atoms with Crippen LogP contribution in [0.1, 0.15) is 32.1 Å². The highest BCUT2D eigenvalue weighted by Gasteiger charge is 2.21. The second kappa shape index (κ2) is 7.77. The van der Waals surface area contributed by atoms with Crippen LogP contribution in [0.4, 0.5) is 17.3 Å². The van der Waals surface area contributed by atoms with E-state index in [1.807, 2.05) is 24.3 Å². The van der Waals surface area contributed by atoms with Crippen molar-refractivity contribution in [1.29, 1.82) is 0 Å². The number of carbonyl (C=O) groups excluding carboxylic acids is 1. The third kappa shape index (κ3) is 4.22. The van der Waals surface area contributed by atoms with E-state index in [-0.39, 0.29) is 11.8 Å². The van der Waals surface area contributed by atoms with Gasteiger partial charge >= 0.3 is 0 Å². The highest BCUT2D eigenvalue weighted by atomic mass is 16.5. The largest absolute Gasteiger partial charge is 0.497 e. The first kappa shape index (κ1) is 16.2. The fraction of sp³-hybridized carbons (Fsp3) is 0.389. The molecule has 1 fully saturated rings. The summed E-state index contributed by atoms with van der Waals surface area (Å²) in [4.78, 5) is 12.2. The Hall–Kier alpha value is -2.63. The number of anilines is 3. The quantitative estimate of drug-likeness (QED) is 0.875. The van der Waals surface area contributed by atoms with Crippen molar-refractivity contribution in [3.8, 4) is 5.75 Å². The molecule has 0 atom stereocenters. The summed E-state index contributed by atoms with van der Waals surface area (Å²) in [6.45, 7) is 0. The molecule has 2 N–H and O–H groups in total. The van der Waals surface area contributed by atoms with Crippen LogP contribution in [0.5, 0.6) is 5.75 Å². The topological polar surface area (TPSA) is 76.1 Å². The summed E-state index contributed by atoms with van der Waals surface area (Å²) < 4.78 is 5.13. The third-order valence-corrected chi connectivity index (χ3v) is 4.25. The van der Waals surface area contributed by atoms with Gasteiger partial charge in [-0.25, -0.2) is 0 Å². The molecule has 1 saturated carbocycles. The predicted molar refractivity (Wildman–Crippen MR) is 93.5 cm³/mol. The number of benzene rings is 1. The molecule has 24 heavy (non-hydrogen) atoms. The van der Waals surface area contributed by atoms with Gasteiger partial charge in [-0.1, -0.05) is 19.3 Å². The van der Waals surface area contributed by atoms with Crippen LogP contribution in [0.25, 0.3) is 0 Å². The van der Waals surface area contributed by atoms with Crippen molar-refractivity contribution in [1.82, 2.24) is 10.2 Å². The minimum atomic E-state index is 0.0554. The van der Waals surface area contributed by atoms with E-state index >= 15 is 0 Å². The Balaban J connectivity index is 1.57. The van der Waals surface area contributed by atoms with Crippen molar-refractivity contribution in [2.75, 3.05) is 17.7 Å². The summed E-state index contributed by atoms with van der Waals surface area (Å²) in [5, 5.41) is 14.2. The van der Waals surface area contributed by atoms with Crippen molar-refractivity contribution in [3.63, 3.8) is 0 Å². The molecule has 0 saturated heterocycles. The molecular formula is C18H22N4O2. The molecule has 0 radical (unpaired) electrons. The van der Waals surface area contributed by atoms with E-state index in [0.29, 0.717) is 11.6 Å². The number of rotatable bonds is 5. The molecule has 1 aliphatic carbocycles. The lowest BCUT2D eigenvalue weighted by Crippen LogP contribution is -2.25. The Morgan fingerprint density at radius 2 is 1.67 bits per heavy atom. The lowest BCUT2D eigenvalue weighted by molar-refractivity contribution is -0.120. The first-order valence-corrected chi connectivity index (χ1v) is 8.30. The number of carbonyl (C=O) groups is 1. The molecule has 1 aromatic carbocycles. The van der Waals surface area contributed by atoms with Crippen LogP contribution >= 0.6 is 0 Å². The van der Waals surface area contributed by atoms with Crippen molar-refractivity contribution < 1.29 is 9.53 Å². The molecule has 126 valence electrons. The molecule has 0 spiro atoms. The zero-order valence-corrected chi connectivity index (χ0v) is 13.8. The maximum absolute atomic E-state index is 12.2. The molecule has 2 aromatic rings. The average molecular weight is 326 g/mol. The van der Waals surface area contributed by atoms with Crippen LogP contribution in [0.3, 0.4) is 0 Å². The summed E-state index contributed by atoms with van der Waals surface area (Å²) in [5.74, 6) is 2.08. The van der Waals surface area contributed by atoms with E-state index in [0.717, 1.165) is 37.1 Å². The van der Waals surface area contributed by atoms with Crippen LogP contribution < -0.4 is 15.4 Å². The van der Waals surface area contributed by atoms with Gasteiger partial charge in [-0.05, 0) is 49.2 Å². The first-order valence-electron chi connectivity index (χ1n) is 8.30. The van der Waals surface area contributed by atoms with Crippen LogP contribution in [-0.2, 0) is 4.79 Å². The van der Waals surface area contributed by atoms with Gasteiger partial charge in [-0.2, -0.15) is 0 Å². The van der Waals surface area contributed by atoms with Crippen molar-refractivity contribution in [2.24, 2.45) is 5.92 Å². The Morgan fingerprint density at radius 3 is 2.29 bits per heavy atom. The molecule has 0 aliphatic heterocycles. The number of amides is 1. The summed E-state index contributed by atoms with van der Waals surface area (Å²) in [6, 6.07) is 11.1. The summed E-state index contributed by atoms with van der Waals surface area (Å²) in [5.41, 5.74) is 0.893. The molecule has 0 bridgehead atoms. The first-order chi connectivity index (χ1) is 11.7. The normalized spacial score (nSPS) is 14.9. The highest BCUT2D eigenvalue weighted by Crippen LogP contribution is 2.25. The number of hydrogen-bond donors (Lipinski definition) is 2. The standard InChI is InChI=1S/C18H22N4O2/c1-24-15-9-7-14(8-10-15)19-16-11-12-17(22-21-16)20-18(23)13-5-3-2-4-6-13/h7-13H,2-6H2,1H3,(H,19,21)(H,20,22,23). The fourth-order valence-corrected chi connectivity index (χ4v) is 2.88. The van der Waals surface area contributed by atoms with Gasteiger partial charge in [0, 0.05) is 11.6 Å². The molecule has 6 heteroatoms. The number of methoxy groups -OCH3 is 1. The predicted octanol–water partition coefficient (Wildman–Crippen LogP) is 3.75. The molecule has 1 heterocycles. The SMILES string of the molecule is COc1ccc(Nc2ccc(NC(=O)C3CCCCC3)nn2)cc1. The van der Waals surface area contributed by atoms with E-state index in [1.165, 1.54) is 6.42 Å². The van der Waals surface area contributed by atoms with Gasteiger partial charge < -0.3 is 15.4 Å².